The zero-order chi connectivity index (χ0) is 15.6. The summed E-state index contributed by atoms with van der Waals surface area (Å²) in [5.74, 6) is 0. The third-order valence-electron chi connectivity index (χ3n) is 2.77. The van der Waals surface area contributed by atoms with Gasteiger partial charge in [-0.1, -0.05) is 0 Å². The predicted octanol–water partition coefficient (Wildman–Crippen LogP) is 3.44. The standard InChI is InChI=1S/C12H12N4O4S/c1-7-6-21-12(13-7)8(2)14-10-4-3-9(15(17)18)5-11(10)16(19)20/h3-6,8,14H,1-2H3. The maximum absolute atomic E-state index is 11.0. The van der Waals surface area contributed by atoms with Crippen LogP contribution in [0.4, 0.5) is 17.1 Å². The lowest BCUT2D eigenvalue weighted by Gasteiger charge is -2.12. The topological polar surface area (TPSA) is 111 Å². The molecule has 2 rings (SSSR count). The minimum absolute atomic E-state index is 0.228. The van der Waals surface area contributed by atoms with E-state index in [1.165, 1.54) is 23.5 Å². The van der Waals surface area contributed by atoms with E-state index in [-0.39, 0.29) is 23.1 Å². The van der Waals surface area contributed by atoms with Gasteiger partial charge in [-0.05, 0) is 19.9 Å². The molecule has 1 N–H and O–H groups in total. The number of hydrogen-bond acceptors (Lipinski definition) is 7. The van der Waals surface area contributed by atoms with Gasteiger partial charge in [0.1, 0.15) is 10.7 Å². The van der Waals surface area contributed by atoms with Crippen LogP contribution in [0.25, 0.3) is 0 Å². The fourth-order valence-corrected chi connectivity index (χ4v) is 2.58. The first kappa shape index (κ1) is 14.9. The van der Waals surface area contributed by atoms with Crippen molar-refractivity contribution >= 4 is 28.4 Å². The van der Waals surface area contributed by atoms with Crippen molar-refractivity contribution in [1.82, 2.24) is 4.98 Å². The minimum Gasteiger partial charge on any atom is -0.371 e. The number of thiazole rings is 1. The van der Waals surface area contributed by atoms with Gasteiger partial charge in [0, 0.05) is 17.1 Å². The summed E-state index contributed by atoms with van der Waals surface area (Å²) in [5, 5.41) is 27.4. The van der Waals surface area contributed by atoms with Gasteiger partial charge in [0.05, 0.1) is 22.0 Å². The van der Waals surface area contributed by atoms with E-state index in [9.17, 15) is 20.2 Å². The molecule has 0 radical (unpaired) electrons. The van der Waals surface area contributed by atoms with E-state index in [0.29, 0.717) is 0 Å². The van der Waals surface area contributed by atoms with E-state index < -0.39 is 9.85 Å². The molecular formula is C12H12N4O4S. The van der Waals surface area contributed by atoms with Crippen molar-refractivity contribution < 1.29 is 9.85 Å². The molecule has 0 bridgehead atoms. The van der Waals surface area contributed by atoms with Crippen molar-refractivity contribution in [2.45, 2.75) is 19.9 Å². The molecule has 1 atom stereocenters. The van der Waals surface area contributed by atoms with Gasteiger partial charge in [-0.15, -0.1) is 11.3 Å². The first-order valence-corrected chi connectivity index (χ1v) is 6.88. The number of anilines is 1. The lowest BCUT2D eigenvalue weighted by atomic mass is 10.2. The first-order chi connectivity index (χ1) is 9.88. The lowest BCUT2D eigenvalue weighted by Crippen LogP contribution is -2.08. The molecule has 0 aliphatic rings. The number of rotatable bonds is 5. The Morgan fingerprint density at radius 1 is 1.29 bits per heavy atom. The second kappa shape index (κ2) is 5.83. The van der Waals surface area contributed by atoms with Crippen LogP contribution < -0.4 is 5.32 Å². The van der Waals surface area contributed by atoms with E-state index in [0.717, 1.165) is 16.8 Å². The molecule has 0 saturated carbocycles. The van der Waals surface area contributed by atoms with Gasteiger partial charge in [0.15, 0.2) is 0 Å². The number of non-ortho nitro benzene ring substituents is 1. The molecule has 2 aromatic rings. The van der Waals surface area contributed by atoms with Crippen LogP contribution >= 0.6 is 11.3 Å². The molecule has 1 aromatic heterocycles. The fourth-order valence-electron chi connectivity index (χ4n) is 1.77. The SMILES string of the molecule is Cc1csc(C(C)Nc2ccc([N+](=O)[O-])cc2[N+](=O)[O-])n1. The van der Waals surface area contributed by atoms with Crippen molar-refractivity contribution in [1.29, 1.82) is 0 Å². The number of benzene rings is 1. The molecule has 0 fully saturated rings. The number of aromatic nitrogens is 1. The summed E-state index contributed by atoms with van der Waals surface area (Å²) in [7, 11) is 0. The third kappa shape index (κ3) is 3.31. The first-order valence-electron chi connectivity index (χ1n) is 6.00. The van der Waals surface area contributed by atoms with Gasteiger partial charge in [0.25, 0.3) is 11.4 Å². The molecule has 9 heteroatoms. The quantitative estimate of drug-likeness (QED) is 0.669. The zero-order valence-electron chi connectivity index (χ0n) is 11.3. The molecule has 0 saturated heterocycles. The zero-order valence-corrected chi connectivity index (χ0v) is 12.1. The van der Waals surface area contributed by atoms with E-state index >= 15 is 0 Å². The lowest BCUT2D eigenvalue weighted by molar-refractivity contribution is -0.393. The molecule has 1 unspecified atom stereocenters. The maximum Gasteiger partial charge on any atom is 0.299 e. The normalized spacial score (nSPS) is 11.9. The van der Waals surface area contributed by atoms with Crippen molar-refractivity contribution in [3.63, 3.8) is 0 Å². The molecule has 0 spiro atoms. The van der Waals surface area contributed by atoms with Crippen molar-refractivity contribution in [2.24, 2.45) is 0 Å². The number of nitro benzene ring substituents is 2. The Bertz CT molecular complexity index is 700. The summed E-state index contributed by atoms with van der Waals surface area (Å²) >= 11 is 1.45. The van der Waals surface area contributed by atoms with E-state index in [2.05, 4.69) is 10.3 Å². The van der Waals surface area contributed by atoms with E-state index in [1.54, 1.807) is 0 Å². The van der Waals surface area contributed by atoms with E-state index in [1.807, 2.05) is 19.2 Å². The van der Waals surface area contributed by atoms with Crippen molar-refractivity contribution in [2.75, 3.05) is 5.32 Å². The highest BCUT2D eigenvalue weighted by Crippen LogP contribution is 2.32. The summed E-state index contributed by atoms with van der Waals surface area (Å²) in [6, 6.07) is 3.29. The summed E-state index contributed by atoms with van der Waals surface area (Å²) in [6.45, 7) is 3.68. The van der Waals surface area contributed by atoms with Crippen LogP contribution in [0.1, 0.15) is 23.7 Å². The maximum atomic E-state index is 11.0. The average molecular weight is 308 g/mol. The highest BCUT2D eigenvalue weighted by molar-refractivity contribution is 7.09. The van der Waals surface area contributed by atoms with Crippen LogP contribution in [0.15, 0.2) is 23.6 Å². The smallest absolute Gasteiger partial charge is 0.299 e. The highest BCUT2D eigenvalue weighted by Gasteiger charge is 2.21. The fraction of sp³-hybridized carbons (Fsp3) is 0.250. The number of nitro groups is 2. The number of aryl methyl sites for hydroxylation is 1. The van der Waals surface area contributed by atoms with Crippen LogP contribution in [0.2, 0.25) is 0 Å². The Labute approximate surface area is 123 Å². The second-order valence-electron chi connectivity index (χ2n) is 4.41. The van der Waals surface area contributed by atoms with Crippen LogP contribution in [-0.2, 0) is 0 Å². The number of hydrogen-bond donors (Lipinski definition) is 1. The average Bonchev–Trinajstić information content (AvgIpc) is 2.85. The van der Waals surface area contributed by atoms with Gasteiger partial charge in [-0.2, -0.15) is 0 Å². The Kier molecular flexibility index (Phi) is 4.13. The van der Waals surface area contributed by atoms with Crippen LogP contribution in [0.3, 0.4) is 0 Å². The Morgan fingerprint density at radius 3 is 2.52 bits per heavy atom. The molecule has 0 aliphatic carbocycles. The molecule has 1 heterocycles. The van der Waals surface area contributed by atoms with Crippen LogP contribution in [0, 0.1) is 27.2 Å². The molecule has 0 aliphatic heterocycles. The van der Waals surface area contributed by atoms with Gasteiger partial charge in [-0.3, -0.25) is 20.2 Å². The van der Waals surface area contributed by atoms with E-state index in [4.69, 9.17) is 0 Å². The summed E-state index contributed by atoms with van der Waals surface area (Å²) in [6.07, 6.45) is 0. The molecule has 1 aromatic carbocycles. The van der Waals surface area contributed by atoms with Crippen molar-refractivity contribution in [3.05, 3.63) is 54.5 Å². The minimum atomic E-state index is -0.662. The van der Waals surface area contributed by atoms with Gasteiger partial charge < -0.3 is 5.32 Å². The monoisotopic (exact) mass is 308 g/mol. The summed E-state index contributed by atoms with van der Waals surface area (Å²) in [5.41, 5.74) is 0.460. The molecule has 110 valence electrons. The molecule has 8 nitrogen and oxygen atoms in total. The highest BCUT2D eigenvalue weighted by atomic mass is 32.1. The second-order valence-corrected chi connectivity index (χ2v) is 5.30. The largest absolute Gasteiger partial charge is 0.371 e. The number of nitrogens with one attached hydrogen (secondary N) is 1. The van der Waals surface area contributed by atoms with Gasteiger partial charge in [0.2, 0.25) is 0 Å². The molecule has 21 heavy (non-hydrogen) atoms. The Balaban J connectivity index is 2.31. The Hall–Kier alpha value is -2.55. The third-order valence-corrected chi connectivity index (χ3v) is 3.91. The summed E-state index contributed by atoms with van der Waals surface area (Å²) < 4.78 is 0. The summed E-state index contributed by atoms with van der Waals surface area (Å²) in [4.78, 5) is 24.7. The Morgan fingerprint density at radius 2 is 2.00 bits per heavy atom. The van der Waals surface area contributed by atoms with Gasteiger partial charge >= 0.3 is 0 Å². The molecular weight excluding hydrogens is 296 g/mol. The van der Waals surface area contributed by atoms with Gasteiger partial charge in [-0.25, -0.2) is 4.98 Å². The van der Waals surface area contributed by atoms with Crippen LogP contribution in [0.5, 0.6) is 0 Å². The van der Waals surface area contributed by atoms with Crippen LogP contribution in [-0.4, -0.2) is 14.8 Å². The molecule has 0 amide bonds. The predicted molar refractivity (Wildman–Crippen MR) is 78.6 cm³/mol. The number of nitrogens with zero attached hydrogens (tertiary/aromatic N) is 3. The van der Waals surface area contributed by atoms with Crippen molar-refractivity contribution in [3.8, 4) is 0 Å².